The van der Waals surface area contributed by atoms with Crippen molar-refractivity contribution in [3.8, 4) is 0 Å². The van der Waals surface area contributed by atoms with Crippen molar-refractivity contribution in [2.75, 3.05) is 0 Å². The summed E-state index contributed by atoms with van der Waals surface area (Å²) in [5.74, 6) is 0. The third-order valence-corrected chi connectivity index (χ3v) is 4.78. The van der Waals surface area contributed by atoms with Gasteiger partial charge in [-0.15, -0.1) is 0 Å². The molecule has 2 aromatic carbocycles. The van der Waals surface area contributed by atoms with Crippen molar-refractivity contribution in [1.29, 1.82) is 0 Å². The largest absolute Gasteiger partial charge is 0.0990 e. The fourth-order valence-electron chi connectivity index (χ4n) is 2.99. The summed E-state index contributed by atoms with van der Waals surface area (Å²) in [7, 11) is 0. The Bertz CT molecular complexity index is 885. The molecule has 0 aliphatic heterocycles. The van der Waals surface area contributed by atoms with Gasteiger partial charge >= 0.3 is 0 Å². The topological polar surface area (TPSA) is 0 Å². The summed E-state index contributed by atoms with van der Waals surface area (Å²) in [5, 5.41) is 3.22. The molecule has 0 nitrogen and oxygen atoms in total. The summed E-state index contributed by atoms with van der Waals surface area (Å²) >= 11 is 6.45. The minimum Gasteiger partial charge on any atom is -0.0990 e. The lowest BCUT2D eigenvalue weighted by Crippen LogP contribution is -2.27. The molecule has 0 bridgehead atoms. The first kappa shape index (κ1) is 18.3. The van der Waals surface area contributed by atoms with E-state index in [0.29, 0.717) is 0 Å². The van der Waals surface area contributed by atoms with Gasteiger partial charge in [0, 0.05) is 5.02 Å². The van der Waals surface area contributed by atoms with Crippen LogP contribution >= 0.6 is 11.6 Å². The smallest absolute Gasteiger partial charge is 0.0444 e. The zero-order valence-corrected chi connectivity index (χ0v) is 15.6. The van der Waals surface area contributed by atoms with Crippen LogP contribution in [-0.4, -0.2) is 0 Å². The predicted octanol–water partition coefficient (Wildman–Crippen LogP) is 5.28. The van der Waals surface area contributed by atoms with Gasteiger partial charge in [0.2, 0.25) is 0 Å². The molecule has 0 aliphatic carbocycles. The number of halogens is 1. The minimum absolute atomic E-state index is 0.769. The highest BCUT2D eigenvalue weighted by Gasteiger charge is 2.09. The van der Waals surface area contributed by atoms with E-state index >= 15 is 0 Å². The number of rotatable bonds is 5. The van der Waals surface area contributed by atoms with Gasteiger partial charge in [-0.3, -0.25) is 0 Å². The van der Waals surface area contributed by atoms with E-state index in [1.807, 2.05) is 18.2 Å². The number of allylic oxidation sites excluding steroid dienone is 2. The number of benzene rings is 2. The van der Waals surface area contributed by atoms with Crippen molar-refractivity contribution in [3.63, 3.8) is 0 Å². The molecule has 0 aromatic heterocycles. The Morgan fingerprint density at radius 3 is 2.46 bits per heavy atom. The zero-order valence-electron chi connectivity index (χ0n) is 14.8. The molecule has 2 aromatic rings. The van der Waals surface area contributed by atoms with Crippen molar-refractivity contribution in [2.24, 2.45) is 0 Å². The quantitative estimate of drug-likeness (QED) is 0.696. The Kier molecular flexibility index (Phi) is 6.23. The summed E-state index contributed by atoms with van der Waals surface area (Å²) in [5.41, 5.74) is 6.02. The highest BCUT2D eigenvalue weighted by molar-refractivity contribution is 6.31. The normalized spacial score (nSPS) is 12.9. The Labute approximate surface area is 150 Å². The van der Waals surface area contributed by atoms with Crippen LogP contribution in [0.4, 0.5) is 0 Å². The van der Waals surface area contributed by atoms with E-state index < -0.39 is 0 Å². The van der Waals surface area contributed by atoms with Gasteiger partial charge < -0.3 is 0 Å². The number of hydrogen-bond donors (Lipinski definition) is 0. The third-order valence-electron chi connectivity index (χ3n) is 4.43. The Balaban J connectivity index is 2.52. The second kappa shape index (κ2) is 8.17. The first-order chi connectivity index (χ1) is 11.5. The summed E-state index contributed by atoms with van der Waals surface area (Å²) in [6.45, 7) is 14.6. The molecule has 1 heteroatoms. The average molecular weight is 337 g/mol. The molecule has 0 fully saturated rings. The molecule has 124 valence electrons. The van der Waals surface area contributed by atoms with E-state index in [1.54, 1.807) is 0 Å². The maximum Gasteiger partial charge on any atom is 0.0444 e. The highest BCUT2D eigenvalue weighted by Crippen LogP contribution is 2.25. The molecule has 0 aliphatic rings. The van der Waals surface area contributed by atoms with Crippen LogP contribution in [0.25, 0.3) is 11.6 Å². The van der Waals surface area contributed by atoms with Gasteiger partial charge in [0.05, 0.1) is 0 Å². The van der Waals surface area contributed by atoms with Crippen molar-refractivity contribution >= 4 is 23.3 Å². The number of aryl methyl sites for hydroxylation is 2. The van der Waals surface area contributed by atoms with E-state index in [0.717, 1.165) is 29.0 Å². The Hall–Kier alpha value is -2.05. The van der Waals surface area contributed by atoms with Gasteiger partial charge in [-0.25, -0.2) is 0 Å². The van der Waals surface area contributed by atoms with E-state index in [4.69, 9.17) is 11.6 Å². The molecule has 0 amide bonds. The van der Waals surface area contributed by atoms with Gasteiger partial charge in [-0.1, -0.05) is 74.2 Å². The summed E-state index contributed by atoms with van der Waals surface area (Å²) in [6.07, 6.45) is 5.57. The first-order valence-corrected chi connectivity index (χ1v) is 8.70. The molecule has 0 saturated carbocycles. The van der Waals surface area contributed by atoms with Crippen LogP contribution in [0.1, 0.15) is 30.0 Å². The maximum absolute atomic E-state index is 6.45. The molecule has 2 rings (SSSR count). The van der Waals surface area contributed by atoms with Crippen LogP contribution < -0.4 is 10.4 Å². The summed E-state index contributed by atoms with van der Waals surface area (Å²) in [6, 6.07) is 12.6. The van der Waals surface area contributed by atoms with Crippen LogP contribution in [0, 0.1) is 13.8 Å². The molecule has 0 unspecified atom stereocenters. The summed E-state index contributed by atoms with van der Waals surface area (Å²) < 4.78 is 0. The van der Waals surface area contributed by atoms with Crippen LogP contribution in [0.5, 0.6) is 0 Å². The van der Waals surface area contributed by atoms with Gasteiger partial charge in [0.15, 0.2) is 0 Å². The fraction of sp³-hybridized carbons (Fsp3) is 0.217. The van der Waals surface area contributed by atoms with Gasteiger partial charge in [-0.05, 0) is 71.0 Å². The lowest BCUT2D eigenvalue weighted by atomic mass is 9.93. The van der Waals surface area contributed by atoms with Crippen LogP contribution in [-0.2, 0) is 6.42 Å². The van der Waals surface area contributed by atoms with E-state index in [9.17, 15) is 0 Å². The fourth-order valence-corrected chi connectivity index (χ4v) is 3.27. The average Bonchev–Trinajstić information content (AvgIpc) is 2.55. The van der Waals surface area contributed by atoms with Crippen LogP contribution in [0.2, 0.25) is 5.02 Å². The maximum atomic E-state index is 6.45. The standard InChI is InChI=1S/C23H25Cl/c1-6-10-19-11-8-9-12-22(19)21(7-2)18(5)14-20-13-16(3)17(4)15-23(20)24/h6,8-13,15H,1,5,7,14H2,2-4H3/b19-10-,22-21+. The lowest BCUT2D eigenvalue weighted by Gasteiger charge is -2.13. The minimum atomic E-state index is 0.769. The molecule has 0 spiro atoms. The van der Waals surface area contributed by atoms with Gasteiger partial charge in [0.25, 0.3) is 0 Å². The van der Waals surface area contributed by atoms with Crippen molar-refractivity contribution < 1.29 is 0 Å². The monoisotopic (exact) mass is 336 g/mol. The molecule has 0 N–H and O–H groups in total. The lowest BCUT2D eigenvalue weighted by molar-refractivity contribution is 1.12. The third kappa shape index (κ3) is 4.07. The molecular formula is C23H25Cl. The van der Waals surface area contributed by atoms with Crippen molar-refractivity contribution in [3.05, 3.63) is 93.4 Å². The first-order valence-electron chi connectivity index (χ1n) is 8.32. The molecular weight excluding hydrogens is 312 g/mol. The van der Waals surface area contributed by atoms with Gasteiger partial charge in [-0.2, -0.15) is 0 Å². The second-order valence-electron chi connectivity index (χ2n) is 6.13. The zero-order chi connectivity index (χ0) is 17.7. The SMILES string of the molecule is C=C/C=c1/cccc/c1=C(/CC)C(=C)Cc1cc(C)c(C)cc1Cl. The van der Waals surface area contributed by atoms with Crippen molar-refractivity contribution in [2.45, 2.75) is 33.6 Å². The molecule has 24 heavy (non-hydrogen) atoms. The molecule has 0 saturated heterocycles. The predicted molar refractivity (Wildman–Crippen MR) is 108 cm³/mol. The van der Waals surface area contributed by atoms with Crippen molar-refractivity contribution in [1.82, 2.24) is 0 Å². The second-order valence-corrected chi connectivity index (χ2v) is 6.54. The van der Waals surface area contributed by atoms with E-state index in [2.05, 4.69) is 64.3 Å². The molecule has 0 atom stereocenters. The van der Waals surface area contributed by atoms with Crippen LogP contribution in [0.15, 0.2) is 61.2 Å². The Morgan fingerprint density at radius 2 is 1.79 bits per heavy atom. The molecule has 0 heterocycles. The Morgan fingerprint density at radius 1 is 1.12 bits per heavy atom. The number of hydrogen-bond acceptors (Lipinski definition) is 0. The van der Waals surface area contributed by atoms with Gasteiger partial charge in [0.1, 0.15) is 0 Å². The van der Waals surface area contributed by atoms with E-state index in [1.165, 1.54) is 27.1 Å². The summed E-state index contributed by atoms with van der Waals surface area (Å²) in [4.78, 5) is 0. The van der Waals surface area contributed by atoms with E-state index in [-0.39, 0.29) is 0 Å². The highest BCUT2D eigenvalue weighted by atomic mass is 35.5. The molecule has 0 radical (unpaired) electrons. The van der Waals surface area contributed by atoms with Crippen LogP contribution in [0.3, 0.4) is 0 Å².